The summed E-state index contributed by atoms with van der Waals surface area (Å²) in [7, 11) is 0. The fourth-order valence-electron chi connectivity index (χ4n) is 2.82. The van der Waals surface area contributed by atoms with Gasteiger partial charge >= 0.3 is 0 Å². The molecule has 21 heavy (non-hydrogen) atoms. The van der Waals surface area contributed by atoms with Crippen molar-refractivity contribution >= 4 is 11.3 Å². The third-order valence-electron chi connectivity index (χ3n) is 3.96. The largest absolute Gasteiger partial charge is 0.505 e. The maximum atomic E-state index is 14.1. The molecule has 0 amide bonds. The lowest BCUT2D eigenvalue weighted by atomic mass is 9.99. The SMILES string of the molecule is Cc1ccc([C@@H](c2cccs2)N2CCNCC2)c(O)c1F. The summed E-state index contributed by atoms with van der Waals surface area (Å²) in [5.41, 5.74) is 1.13. The fraction of sp³-hybridized carbons (Fsp3) is 0.375. The van der Waals surface area contributed by atoms with Crippen molar-refractivity contribution in [1.29, 1.82) is 0 Å². The Bertz CT molecular complexity index is 609. The molecule has 1 aliphatic rings. The van der Waals surface area contributed by atoms with Crippen LogP contribution in [-0.4, -0.2) is 36.2 Å². The Morgan fingerprint density at radius 1 is 1.29 bits per heavy atom. The van der Waals surface area contributed by atoms with Crippen LogP contribution in [0.15, 0.2) is 29.6 Å². The van der Waals surface area contributed by atoms with Gasteiger partial charge in [0.1, 0.15) is 0 Å². The van der Waals surface area contributed by atoms with Gasteiger partial charge in [0.05, 0.1) is 6.04 Å². The lowest BCUT2D eigenvalue weighted by molar-refractivity contribution is 0.197. The molecule has 2 aromatic rings. The van der Waals surface area contributed by atoms with E-state index in [0.29, 0.717) is 11.1 Å². The van der Waals surface area contributed by atoms with E-state index in [-0.39, 0.29) is 11.8 Å². The van der Waals surface area contributed by atoms with E-state index in [1.165, 1.54) is 0 Å². The zero-order valence-electron chi connectivity index (χ0n) is 12.0. The zero-order valence-corrected chi connectivity index (χ0v) is 12.8. The van der Waals surface area contributed by atoms with E-state index >= 15 is 0 Å². The standard InChI is InChI=1S/C16H19FN2OS/c1-11-4-5-12(16(20)14(11)17)15(13-3-2-10-21-13)19-8-6-18-7-9-19/h2-5,10,15,18,20H,6-9H2,1H3/t15-/m0/s1. The summed E-state index contributed by atoms with van der Waals surface area (Å²) >= 11 is 1.64. The van der Waals surface area contributed by atoms with E-state index in [0.717, 1.165) is 31.1 Å². The Hall–Kier alpha value is -1.43. The number of phenols is 1. The van der Waals surface area contributed by atoms with Crippen molar-refractivity contribution in [3.8, 4) is 5.75 Å². The van der Waals surface area contributed by atoms with Crippen LogP contribution in [0.25, 0.3) is 0 Å². The van der Waals surface area contributed by atoms with Gasteiger partial charge in [-0.15, -0.1) is 11.3 Å². The van der Waals surface area contributed by atoms with Gasteiger partial charge in [0.15, 0.2) is 11.6 Å². The molecule has 3 rings (SSSR count). The maximum absolute atomic E-state index is 14.1. The van der Waals surface area contributed by atoms with Crippen molar-refractivity contribution in [2.75, 3.05) is 26.2 Å². The van der Waals surface area contributed by atoms with Gasteiger partial charge in [0.2, 0.25) is 0 Å². The minimum absolute atomic E-state index is 0.0813. The van der Waals surface area contributed by atoms with Crippen molar-refractivity contribution < 1.29 is 9.50 Å². The van der Waals surface area contributed by atoms with Crippen LogP contribution in [0.3, 0.4) is 0 Å². The third kappa shape index (κ3) is 2.81. The number of nitrogens with one attached hydrogen (secondary N) is 1. The molecular formula is C16H19FN2OS. The second-order valence-corrected chi connectivity index (χ2v) is 6.32. The van der Waals surface area contributed by atoms with E-state index in [2.05, 4.69) is 16.3 Å². The van der Waals surface area contributed by atoms with Crippen LogP contribution in [0.5, 0.6) is 5.75 Å². The van der Waals surface area contributed by atoms with E-state index in [1.807, 2.05) is 17.5 Å². The molecule has 0 saturated carbocycles. The lowest BCUT2D eigenvalue weighted by Gasteiger charge is -2.35. The molecule has 3 nitrogen and oxygen atoms in total. The van der Waals surface area contributed by atoms with Crippen molar-refractivity contribution in [3.05, 3.63) is 51.5 Å². The van der Waals surface area contributed by atoms with Gasteiger partial charge in [-0.3, -0.25) is 4.90 Å². The highest BCUT2D eigenvalue weighted by atomic mass is 32.1. The molecule has 0 spiro atoms. The predicted molar refractivity (Wildman–Crippen MR) is 83.4 cm³/mol. The highest BCUT2D eigenvalue weighted by Gasteiger charge is 2.28. The van der Waals surface area contributed by atoms with E-state index in [1.54, 1.807) is 24.3 Å². The second-order valence-electron chi connectivity index (χ2n) is 5.34. The van der Waals surface area contributed by atoms with Crippen LogP contribution >= 0.6 is 11.3 Å². The molecule has 2 N–H and O–H groups in total. The first-order chi connectivity index (χ1) is 10.2. The number of rotatable bonds is 3. The number of phenolic OH excluding ortho intramolecular Hbond substituents is 1. The van der Waals surface area contributed by atoms with Gasteiger partial charge in [0.25, 0.3) is 0 Å². The summed E-state index contributed by atoms with van der Waals surface area (Å²) in [6.07, 6.45) is 0. The highest BCUT2D eigenvalue weighted by molar-refractivity contribution is 7.10. The molecule has 1 saturated heterocycles. The number of thiophene rings is 1. The molecule has 0 unspecified atom stereocenters. The fourth-order valence-corrected chi connectivity index (χ4v) is 3.69. The topological polar surface area (TPSA) is 35.5 Å². The molecule has 112 valence electrons. The minimum Gasteiger partial charge on any atom is -0.505 e. The predicted octanol–water partition coefficient (Wildman–Crippen LogP) is 2.90. The average Bonchev–Trinajstić information content (AvgIpc) is 3.03. The van der Waals surface area contributed by atoms with Crippen LogP contribution < -0.4 is 5.32 Å². The van der Waals surface area contributed by atoms with E-state index < -0.39 is 5.82 Å². The van der Waals surface area contributed by atoms with Gasteiger partial charge in [-0.05, 0) is 23.9 Å². The van der Waals surface area contributed by atoms with Gasteiger partial charge in [-0.2, -0.15) is 0 Å². The number of nitrogens with zero attached hydrogens (tertiary/aromatic N) is 1. The van der Waals surface area contributed by atoms with Gasteiger partial charge in [-0.25, -0.2) is 4.39 Å². The molecule has 5 heteroatoms. The minimum atomic E-state index is -0.510. The Labute approximate surface area is 128 Å². The molecule has 1 aromatic carbocycles. The molecule has 0 bridgehead atoms. The molecule has 0 radical (unpaired) electrons. The Morgan fingerprint density at radius 2 is 2.05 bits per heavy atom. The summed E-state index contributed by atoms with van der Waals surface area (Å²) in [4.78, 5) is 3.43. The molecule has 2 heterocycles. The lowest BCUT2D eigenvalue weighted by Crippen LogP contribution is -2.45. The van der Waals surface area contributed by atoms with Gasteiger partial charge < -0.3 is 10.4 Å². The van der Waals surface area contributed by atoms with E-state index in [4.69, 9.17) is 0 Å². The van der Waals surface area contributed by atoms with Crippen LogP contribution in [0.4, 0.5) is 4.39 Å². The number of aromatic hydroxyl groups is 1. The van der Waals surface area contributed by atoms with Gasteiger partial charge in [-0.1, -0.05) is 18.2 Å². The Balaban J connectivity index is 2.05. The summed E-state index contributed by atoms with van der Waals surface area (Å²) in [5, 5.41) is 15.6. The molecule has 1 fully saturated rings. The normalized spacial score (nSPS) is 17.8. The number of piperazine rings is 1. The number of aryl methyl sites for hydroxylation is 1. The summed E-state index contributed by atoms with van der Waals surface area (Å²) in [6, 6.07) is 7.56. The van der Waals surface area contributed by atoms with Crippen LogP contribution in [0.1, 0.15) is 22.0 Å². The third-order valence-corrected chi connectivity index (χ3v) is 4.89. The number of hydrogen-bond donors (Lipinski definition) is 2. The van der Waals surface area contributed by atoms with Crippen molar-refractivity contribution in [1.82, 2.24) is 10.2 Å². The van der Waals surface area contributed by atoms with Crippen LogP contribution in [0.2, 0.25) is 0 Å². The average molecular weight is 306 g/mol. The van der Waals surface area contributed by atoms with Gasteiger partial charge in [0, 0.05) is 36.6 Å². The molecule has 0 aliphatic carbocycles. The Morgan fingerprint density at radius 3 is 2.71 bits per heavy atom. The van der Waals surface area contributed by atoms with Crippen LogP contribution in [0, 0.1) is 12.7 Å². The molecular weight excluding hydrogens is 287 g/mol. The molecule has 1 aliphatic heterocycles. The highest BCUT2D eigenvalue weighted by Crippen LogP contribution is 2.38. The first-order valence-electron chi connectivity index (χ1n) is 7.14. The smallest absolute Gasteiger partial charge is 0.168 e. The second kappa shape index (κ2) is 6.13. The van der Waals surface area contributed by atoms with Crippen molar-refractivity contribution in [3.63, 3.8) is 0 Å². The number of halogens is 1. The summed E-state index contributed by atoms with van der Waals surface area (Å²) < 4.78 is 14.1. The van der Waals surface area contributed by atoms with Crippen LogP contribution in [-0.2, 0) is 0 Å². The Kier molecular flexibility index (Phi) is 4.24. The first-order valence-corrected chi connectivity index (χ1v) is 8.02. The van der Waals surface area contributed by atoms with Crippen molar-refractivity contribution in [2.45, 2.75) is 13.0 Å². The summed E-state index contributed by atoms with van der Waals surface area (Å²) in [5.74, 6) is -0.726. The monoisotopic (exact) mass is 306 g/mol. The molecule has 1 atom stereocenters. The van der Waals surface area contributed by atoms with E-state index in [9.17, 15) is 9.50 Å². The quantitative estimate of drug-likeness (QED) is 0.915. The first kappa shape index (κ1) is 14.5. The zero-order chi connectivity index (χ0) is 14.8. The molecule has 1 aromatic heterocycles. The summed E-state index contributed by atoms with van der Waals surface area (Å²) in [6.45, 7) is 5.27. The maximum Gasteiger partial charge on any atom is 0.168 e. The van der Waals surface area contributed by atoms with Crippen molar-refractivity contribution in [2.24, 2.45) is 0 Å². The number of hydrogen-bond acceptors (Lipinski definition) is 4. The number of benzene rings is 1.